The van der Waals surface area contributed by atoms with Crippen molar-refractivity contribution in [1.29, 1.82) is 0 Å². The van der Waals surface area contributed by atoms with Crippen LogP contribution in [0.2, 0.25) is 0 Å². The molecule has 0 aliphatic heterocycles. The summed E-state index contributed by atoms with van der Waals surface area (Å²) in [4.78, 5) is 12.7. The highest BCUT2D eigenvalue weighted by Crippen LogP contribution is 2.66. The number of hydrogen-bond acceptors (Lipinski definition) is 7. The first-order chi connectivity index (χ1) is 14.3. The van der Waals surface area contributed by atoms with Gasteiger partial charge in [-0.3, -0.25) is 0 Å². The molecule has 1 fully saturated rings. The first-order valence-electron chi connectivity index (χ1n) is 9.87. The molecule has 0 amide bonds. The van der Waals surface area contributed by atoms with Crippen molar-refractivity contribution in [3.8, 4) is 0 Å². The predicted octanol–water partition coefficient (Wildman–Crippen LogP) is 3.04. The minimum absolute atomic E-state index is 0.0471. The fourth-order valence-corrected chi connectivity index (χ4v) is 5.71. The van der Waals surface area contributed by atoms with Crippen LogP contribution in [0.1, 0.15) is 44.0 Å². The lowest BCUT2D eigenvalue weighted by molar-refractivity contribution is 0.00282. The number of carbonyl (C=O) groups excluding carboxylic acids is 1. The lowest BCUT2D eigenvalue weighted by Crippen LogP contribution is -2.49. The van der Waals surface area contributed by atoms with Gasteiger partial charge in [-0.2, -0.15) is 8.42 Å². The maximum atomic E-state index is 13.1. The van der Waals surface area contributed by atoms with Crippen molar-refractivity contribution in [2.45, 2.75) is 50.2 Å². The molecule has 3 aliphatic rings. The third-order valence-corrected chi connectivity index (χ3v) is 8.51. The Labute approximate surface area is 185 Å². The Morgan fingerprint density at radius 2 is 1.84 bits per heavy atom. The summed E-state index contributed by atoms with van der Waals surface area (Å²) in [5.41, 5.74) is -0.392. The smallest absolute Gasteiger partial charge is 0.338 e. The van der Waals surface area contributed by atoms with E-state index in [9.17, 15) is 27.3 Å². The van der Waals surface area contributed by atoms with Crippen molar-refractivity contribution in [2.75, 3.05) is 6.61 Å². The molecule has 0 radical (unpaired) electrons. The molecule has 2 N–H and O–H groups in total. The summed E-state index contributed by atoms with van der Waals surface area (Å²) in [7, 11) is -4.88. The van der Waals surface area contributed by atoms with Crippen LogP contribution in [0.5, 0.6) is 0 Å². The van der Waals surface area contributed by atoms with E-state index in [1.165, 1.54) is 12.1 Å². The molecule has 4 rings (SSSR count). The number of ether oxygens (including phenoxy) is 1. The zero-order chi connectivity index (χ0) is 23.0. The Balaban J connectivity index is 1.73. The van der Waals surface area contributed by atoms with Gasteiger partial charge in [0.2, 0.25) is 0 Å². The van der Waals surface area contributed by atoms with Gasteiger partial charge in [-0.05, 0) is 63.5 Å². The Kier molecular flexibility index (Phi) is 4.87. The van der Waals surface area contributed by atoms with Crippen LogP contribution in [0.25, 0.3) is 0 Å². The van der Waals surface area contributed by atoms with Gasteiger partial charge >= 0.3 is 16.2 Å². The minimum atomic E-state index is -4.88. The van der Waals surface area contributed by atoms with Gasteiger partial charge in [0.05, 0.1) is 27.3 Å². The molecule has 6 nitrogen and oxygen atoms in total. The average Bonchev–Trinajstić information content (AvgIpc) is 3.47. The number of hydrogen-bond donors (Lipinski definition) is 2. The fraction of sp³-hybridized carbons (Fsp3) is 0.455. The first-order valence-corrected chi connectivity index (χ1v) is 11.7. The van der Waals surface area contributed by atoms with E-state index in [1.54, 1.807) is 19.9 Å². The highest BCUT2D eigenvalue weighted by atomic mass is 32.3. The zero-order valence-corrected chi connectivity index (χ0v) is 18.9. The second kappa shape index (κ2) is 6.78. The van der Waals surface area contributed by atoms with Crippen molar-refractivity contribution in [1.82, 2.24) is 0 Å². The van der Waals surface area contributed by atoms with Crippen LogP contribution in [0, 0.1) is 10.8 Å². The first kappa shape index (κ1) is 22.3. The van der Waals surface area contributed by atoms with Crippen LogP contribution in [0.15, 0.2) is 52.0 Å². The molecule has 1 aromatic carbocycles. The molecule has 3 atom stereocenters. The summed E-state index contributed by atoms with van der Waals surface area (Å²) in [6.07, 6.45) is 2.45. The second-order valence-corrected chi connectivity index (χ2v) is 10.7. The maximum Gasteiger partial charge on any atom is 0.338 e. The Hall–Kier alpha value is -1.94. The van der Waals surface area contributed by atoms with Crippen LogP contribution in [-0.2, 0) is 15.0 Å². The topological polar surface area (TPSA) is 101 Å². The van der Waals surface area contributed by atoms with Gasteiger partial charge in [-0.25, -0.2) is 4.79 Å². The van der Waals surface area contributed by atoms with Gasteiger partial charge in [-0.1, -0.05) is 23.9 Å². The number of esters is 1. The molecular weight excluding hydrogens is 443 g/mol. The van der Waals surface area contributed by atoms with Crippen molar-refractivity contribution in [3.63, 3.8) is 0 Å². The monoisotopic (exact) mass is 466 g/mol. The lowest BCUT2D eigenvalue weighted by Gasteiger charge is -2.42. The Bertz CT molecular complexity index is 1160. The number of benzene rings is 1. The number of aliphatic hydroxyl groups is 2. The van der Waals surface area contributed by atoms with Crippen molar-refractivity contribution >= 4 is 33.3 Å². The molecule has 0 unspecified atom stereocenters. The summed E-state index contributed by atoms with van der Waals surface area (Å²) in [5, 5.41) is 21.3. The van der Waals surface area contributed by atoms with E-state index in [1.807, 2.05) is 6.92 Å². The molecular formula is C22H23FO6S2. The molecule has 0 aromatic heterocycles. The maximum absolute atomic E-state index is 13.1. The summed E-state index contributed by atoms with van der Waals surface area (Å²) < 4.78 is 40.9. The number of thiocarbonyl (C=S) groups is 1. The SMILES string of the molecule is CC1=C2C(=C[C@@](C)(CO)[C@@H]2OC(=O)c2ccc(S(=O)(=O)F)cc2)C(=S)[C@](C)(O)C12CC2. The quantitative estimate of drug-likeness (QED) is 0.400. The van der Waals surface area contributed by atoms with Gasteiger partial charge < -0.3 is 14.9 Å². The third kappa shape index (κ3) is 3.13. The van der Waals surface area contributed by atoms with Gasteiger partial charge in [0.15, 0.2) is 0 Å². The standard InChI is InChI=1S/C22H23FO6S2/c1-12-16-15(18(30)21(3,26)22(12)8-9-22)10-20(2,11-24)17(16)29-19(25)13-4-6-14(7-5-13)31(23,27)28/h4-7,10,17,24,26H,8-9,11H2,1-3H3/t17-,20+,21+/m1/s1. The van der Waals surface area contributed by atoms with E-state index in [0.29, 0.717) is 16.0 Å². The highest BCUT2D eigenvalue weighted by Gasteiger charge is 2.65. The molecule has 9 heteroatoms. The summed E-state index contributed by atoms with van der Waals surface area (Å²) in [6.45, 7) is 5.03. The summed E-state index contributed by atoms with van der Waals surface area (Å²) in [5.74, 6) is -0.740. The molecule has 1 aromatic rings. The van der Waals surface area contributed by atoms with Crippen molar-refractivity contribution in [3.05, 3.63) is 52.6 Å². The number of fused-ring (bicyclic) bond motifs is 1. The molecule has 166 valence electrons. The number of aliphatic hydroxyl groups excluding tert-OH is 1. The van der Waals surface area contributed by atoms with Gasteiger partial charge in [0, 0.05) is 11.0 Å². The molecule has 1 spiro atoms. The predicted molar refractivity (Wildman–Crippen MR) is 115 cm³/mol. The zero-order valence-electron chi connectivity index (χ0n) is 17.3. The largest absolute Gasteiger partial charge is 0.453 e. The molecule has 0 bridgehead atoms. The molecule has 0 saturated heterocycles. The molecule has 31 heavy (non-hydrogen) atoms. The van der Waals surface area contributed by atoms with E-state index in [2.05, 4.69) is 0 Å². The molecule has 0 heterocycles. The average molecular weight is 467 g/mol. The highest BCUT2D eigenvalue weighted by molar-refractivity contribution is 7.86. The Morgan fingerprint density at radius 3 is 2.32 bits per heavy atom. The van der Waals surface area contributed by atoms with Crippen LogP contribution < -0.4 is 0 Å². The number of carbonyl (C=O) groups is 1. The van der Waals surface area contributed by atoms with Crippen LogP contribution in [-0.4, -0.2) is 47.8 Å². The second-order valence-electron chi connectivity index (χ2n) is 8.99. The fourth-order valence-electron chi connectivity index (χ4n) is 4.88. The molecule has 1 saturated carbocycles. The number of rotatable bonds is 4. The van der Waals surface area contributed by atoms with Crippen molar-refractivity contribution in [2.24, 2.45) is 10.8 Å². The summed E-state index contributed by atoms with van der Waals surface area (Å²) in [6, 6.07) is 4.33. The third-order valence-electron chi connectivity index (χ3n) is 7.05. The normalized spacial score (nSPS) is 31.5. The van der Waals surface area contributed by atoms with Gasteiger partial charge in [0.1, 0.15) is 11.7 Å². The summed E-state index contributed by atoms with van der Waals surface area (Å²) >= 11 is 5.61. The van der Waals surface area contributed by atoms with E-state index >= 15 is 0 Å². The van der Waals surface area contributed by atoms with Gasteiger partial charge in [0.25, 0.3) is 0 Å². The van der Waals surface area contributed by atoms with Crippen LogP contribution in [0.3, 0.4) is 0 Å². The number of halogens is 1. The van der Waals surface area contributed by atoms with Crippen molar-refractivity contribution < 1.29 is 32.0 Å². The van der Waals surface area contributed by atoms with E-state index in [4.69, 9.17) is 17.0 Å². The van der Waals surface area contributed by atoms with Crippen LogP contribution >= 0.6 is 12.2 Å². The Morgan fingerprint density at radius 1 is 1.26 bits per heavy atom. The molecule has 3 aliphatic carbocycles. The van der Waals surface area contributed by atoms with E-state index in [0.717, 1.165) is 30.5 Å². The minimum Gasteiger partial charge on any atom is -0.453 e. The van der Waals surface area contributed by atoms with Gasteiger partial charge in [-0.15, -0.1) is 3.89 Å². The van der Waals surface area contributed by atoms with Crippen LogP contribution in [0.4, 0.5) is 3.89 Å². The lowest BCUT2D eigenvalue weighted by atomic mass is 9.68. The van der Waals surface area contributed by atoms with E-state index in [-0.39, 0.29) is 12.2 Å². The van der Waals surface area contributed by atoms with E-state index < -0.39 is 43.6 Å².